The Morgan fingerprint density at radius 2 is 2.33 bits per heavy atom. The Bertz CT molecular complexity index is 538. The van der Waals surface area contributed by atoms with E-state index in [1.165, 1.54) is 4.68 Å². The third-order valence-electron chi connectivity index (χ3n) is 1.95. The quantitative estimate of drug-likeness (QED) is 0.857. The van der Waals surface area contributed by atoms with E-state index in [-0.39, 0.29) is 6.54 Å². The summed E-state index contributed by atoms with van der Waals surface area (Å²) in [6, 6.07) is 5.28. The molecule has 15 heavy (non-hydrogen) atoms. The summed E-state index contributed by atoms with van der Waals surface area (Å²) in [5, 5.41) is 14.3. The van der Waals surface area contributed by atoms with Gasteiger partial charge in [-0.05, 0) is 40.8 Å². The molecular formula is C9H6ClIN2O2. The summed E-state index contributed by atoms with van der Waals surface area (Å²) >= 11 is 7.91. The molecule has 0 bridgehead atoms. The maximum absolute atomic E-state index is 10.6. The zero-order valence-electron chi connectivity index (χ0n) is 7.44. The molecular weight excluding hydrogens is 330 g/mol. The molecule has 0 amide bonds. The van der Waals surface area contributed by atoms with E-state index < -0.39 is 5.97 Å². The fourth-order valence-electron chi connectivity index (χ4n) is 1.36. The van der Waals surface area contributed by atoms with E-state index >= 15 is 0 Å². The number of hydrogen-bond acceptors (Lipinski definition) is 2. The first-order valence-electron chi connectivity index (χ1n) is 4.11. The minimum Gasteiger partial charge on any atom is -0.480 e. The van der Waals surface area contributed by atoms with E-state index in [0.717, 1.165) is 14.6 Å². The molecule has 0 aliphatic carbocycles. The van der Waals surface area contributed by atoms with Crippen LogP contribution >= 0.6 is 34.2 Å². The van der Waals surface area contributed by atoms with E-state index in [1.54, 1.807) is 18.2 Å². The number of benzene rings is 1. The molecule has 0 fully saturated rings. The fraction of sp³-hybridized carbons (Fsp3) is 0.111. The average Bonchev–Trinajstić information content (AvgIpc) is 2.42. The zero-order chi connectivity index (χ0) is 11.0. The molecule has 0 aliphatic heterocycles. The minimum atomic E-state index is -0.911. The average molecular weight is 337 g/mol. The summed E-state index contributed by atoms with van der Waals surface area (Å²) in [5.74, 6) is -0.911. The lowest BCUT2D eigenvalue weighted by molar-refractivity contribution is -0.137. The van der Waals surface area contributed by atoms with Crippen molar-refractivity contribution in [3.8, 4) is 0 Å². The molecule has 1 aromatic carbocycles. The van der Waals surface area contributed by atoms with Crippen LogP contribution in [0.4, 0.5) is 0 Å². The second kappa shape index (κ2) is 3.97. The first-order chi connectivity index (χ1) is 7.08. The number of hydrogen-bond donors (Lipinski definition) is 1. The number of carboxylic acids is 1. The number of carbonyl (C=O) groups is 1. The maximum Gasteiger partial charge on any atom is 0.325 e. The Kier molecular flexibility index (Phi) is 2.83. The van der Waals surface area contributed by atoms with Crippen molar-refractivity contribution < 1.29 is 9.90 Å². The monoisotopic (exact) mass is 336 g/mol. The third kappa shape index (κ3) is 2.07. The molecule has 0 unspecified atom stereocenters. The lowest BCUT2D eigenvalue weighted by Gasteiger charge is -1.98. The lowest BCUT2D eigenvalue weighted by atomic mass is 10.2. The highest BCUT2D eigenvalue weighted by Gasteiger charge is 2.10. The topological polar surface area (TPSA) is 55.1 Å². The maximum atomic E-state index is 10.6. The van der Waals surface area contributed by atoms with Crippen LogP contribution in [0.25, 0.3) is 10.9 Å². The first-order valence-corrected chi connectivity index (χ1v) is 5.57. The molecule has 1 N–H and O–H groups in total. The van der Waals surface area contributed by atoms with Crippen LogP contribution in [0, 0.1) is 3.70 Å². The molecule has 4 nitrogen and oxygen atoms in total. The number of nitrogens with zero attached hydrogens (tertiary/aromatic N) is 2. The Labute approximate surface area is 104 Å². The van der Waals surface area contributed by atoms with Crippen molar-refractivity contribution in [2.45, 2.75) is 6.54 Å². The summed E-state index contributed by atoms with van der Waals surface area (Å²) in [6.07, 6.45) is 0. The number of carboxylic acid groups (broad SMARTS) is 1. The van der Waals surface area contributed by atoms with Crippen molar-refractivity contribution in [3.63, 3.8) is 0 Å². The molecule has 78 valence electrons. The van der Waals surface area contributed by atoms with Crippen LogP contribution in [0.1, 0.15) is 0 Å². The minimum absolute atomic E-state index is 0.138. The Hall–Kier alpha value is -0.820. The standard InChI is InChI=1S/C9H6ClIN2O2/c10-5-1-2-7-6(3-5)9(11)12-13(7)4-8(14)15/h1-3H,4H2,(H,14,15). The fourth-order valence-corrected chi connectivity index (χ4v) is 2.23. The number of rotatable bonds is 2. The Morgan fingerprint density at radius 3 is 3.00 bits per heavy atom. The van der Waals surface area contributed by atoms with Gasteiger partial charge >= 0.3 is 5.97 Å². The van der Waals surface area contributed by atoms with Gasteiger partial charge in [-0.15, -0.1) is 0 Å². The van der Waals surface area contributed by atoms with E-state index in [9.17, 15) is 4.79 Å². The second-order valence-corrected chi connectivity index (χ2v) is 4.46. The molecule has 0 aliphatic rings. The van der Waals surface area contributed by atoms with Crippen molar-refractivity contribution >= 4 is 51.1 Å². The third-order valence-corrected chi connectivity index (χ3v) is 2.98. The molecule has 0 saturated carbocycles. The SMILES string of the molecule is O=C(O)Cn1nc(I)c2cc(Cl)ccc21. The van der Waals surface area contributed by atoms with Gasteiger partial charge in [-0.2, -0.15) is 5.10 Å². The van der Waals surface area contributed by atoms with Crippen LogP contribution in [-0.2, 0) is 11.3 Å². The molecule has 1 aromatic heterocycles. The summed E-state index contributed by atoms with van der Waals surface area (Å²) < 4.78 is 2.21. The van der Waals surface area contributed by atoms with Gasteiger partial charge < -0.3 is 5.11 Å². The smallest absolute Gasteiger partial charge is 0.325 e. The first kappa shape index (κ1) is 10.7. The summed E-state index contributed by atoms with van der Waals surface area (Å²) in [6.45, 7) is -0.138. The van der Waals surface area contributed by atoms with Gasteiger partial charge in [0.25, 0.3) is 0 Å². The van der Waals surface area contributed by atoms with E-state index in [0.29, 0.717) is 5.02 Å². The van der Waals surface area contributed by atoms with Crippen LogP contribution in [0.15, 0.2) is 18.2 Å². The zero-order valence-corrected chi connectivity index (χ0v) is 10.4. The largest absolute Gasteiger partial charge is 0.480 e. The van der Waals surface area contributed by atoms with Gasteiger partial charge in [-0.25, -0.2) is 0 Å². The van der Waals surface area contributed by atoms with Gasteiger partial charge in [0, 0.05) is 10.4 Å². The summed E-state index contributed by atoms with van der Waals surface area (Å²) in [7, 11) is 0. The predicted octanol–water partition coefficient (Wildman–Crippen LogP) is 2.38. The molecule has 0 radical (unpaired) electrons. The second-order valence-electron chi connectivity index (χ2n) is 3.00. The van der Waals surface area contributed by atoms with Crippen LogP contribution < -0.4 is 0 Å². The normalized spacial score (nSPS) is 10.8. The van der Waals surface area contributed by atoms with Gasteiger partial charge in [0.1, 0.15) is 10.2 Å². The Balaban J connectivity index is 2.62. The summed E-state index contributed by atoms with van der Waals surface area (Å²) in [4.78, 5) is 10.6. The highest BCUT2D eigenvalue weighted by Crippen LogP contribution is 2.23. The Morgan fingerprint density at radius 1 is 1.60 bits per heavy atom. The number of aromatic nitrogens is 2. The molecule has 2 rings (SSSR count). The number of halogens is 2. The highest BCUT2D eigenvalue weighted by atomic mass is 127. The molecule has 6 heteroatoms. The van der Waals surface area contributed by atoms with Crippen molar-refractivity contribution in [2.75, 3.05) is 0 Å². The van der Waals surface area contributed by atoms with Crippen LogP contribution in [0.2, 0.25) is 5.02 Å². The molecule has 2 aromatic rings. The van der Waals surface area contributed by atoms with Crippen molar-refractivity contribution in [1.82, 2.24) is 9.78 Å². The number of fused-ring (bicyclic) bond motifs is 1. The highest BCUT2D eigenvalue weighted by molar-refractivity contribution is 14.1. The van der Waals surface area contributed by atoms with Crippen molar-refractivity contribution in [2.24, 2.45) is 0 Å². The van der Waals surface area contributed by atoms with Gasteiger partial charge in [-0.3, -0.25) is 9.48 Å². The van der Waals surface area contributed by atoms with Crippen LogP contribution in [-0.4, -0.2) is 20.9 Å². The van der Waals surface area contributed by atoms with Crippen molar-refractivity contribution in [3.05, 3.63) is 26.9 Å². The molecule has 0 saturated heterocycles. The van der Waals surface area contributed by atoms with Gasteiger partial charge in [0.15, 0.2) is 0 Å². The van der Waals surface area contributed by atoms with Gasteiger partial charge in [-0.1, -0.05) is 11.6 Å². The predicted molar refractivity (Wildman–Crippen MR) is 65.1 cm³/mol. The van der Waals surface area contributed by atoms with E-state index in [2.05, 4.69) is 27.7 Å². The van der Waals surface area contributed by atoms with Crippen LogP contribution in [0.3, 0.4) is 0 Å². The van der Waals surface area contributed by atoms with Crippen molar-refractivity contribution in [1.29, 1.82) is 0 Å². The lowest BCUT2D eigenvalue weighted by Crippen LogP contribution is -2.09. The molecule has 1 heterocycles. The molecule has 0 atom stereocenters. The van der Waals surface area contributed by atoms with Crippen LogP contribution in [0.5, 0.6) is 0 Å². The van der Waals surface area contributed by atoms with Gasteiger partial charge in [0.2, 0.25) is 0 Å². The summed E-state index contributed by atoms with van der Waals surface area (Å²) in [5.41, 5.74) is 0.784. The van der Waals surface area contributed by atoms with E-state index in [4.69, 9.17) is 16.7 Å². The van der Waals surface area contributed by atoms with E-state index in [1.807, 2.05) is 0 Å². The number of aliphatic carboxylic acids is 1. The molecule has 0 spiro atoms. The van der Waals surface area contributed by atoms with Gasteiger partial charge in [0.05, 0.1) is 5.52 Å².